The Labute approximate surface area is 120 Å². The number of nitrogens with one attached hydrogen (secondary N) is 1. The van der Waals surface area contributed by atoms with Crippen LogP contribution in [0.15, 0.2) is 23.1 Å². The molecule has 1 atom stereocenters. The quantitative estimate of drug-likeness (QED) is 0.672. The Kier molecular flexibility index (Phi) is 5.57. The van der Waals surface area contributed by atoms with Gasteiger partial charge in [-0.1, -0.05) is 0 Å². The summed E-state index contributed by atoms with van der Waals surface area (Å²) >= 11 is 1.30. The van der Waals surface area contributed by atoms with Gasteiger partial charge in [-0.15, -0.1) is 11.8 Å². The van der Waals surface area contributed by atoms with Crippen LogP contribution in [0.3, 0.4) is 0 Å². The minimum atomic E-state index is -1.08. The Balaban J connectivity index is 2.75. The molecule has 2 amide bonds. The van der Waals surface area contributed by atoms with Crippen molar-refractivity contribution in [3.8, 4) is 0 Å². The van der Waals surface area contributed by atoms with E-state index in [0.717, 1.165) is 10.5 Å². The number of carbonyl (C=O) groups excluding carboxylic acids is 2. The van der Waals surface area contributed by atoms with Crippen molar-refractivity contribution >= 4 is 29.5 Å². The number of carbonyl (C=O) groups is 3. The number of thioether (sulfide) groups is 1. The lowest BCUT2D eigenvalue weighted by molar-refractivity contribution is -0.140. The molecule has 1 unspecified atom stereocenters. The molecule has 0 aliphatic carbocycles. The molecule has 7 heteroatoms. The van der Waals surface area contributed by atoms with E-state index in [1.165, 1.54) is 18.7 Å². The van der Waals surface area contributed by atoms with Crippen LogP contribution < -0.4 is 11.1 Å². The molecule has 0 aromatic heterocycles. The van der Waals surface area contributed by atoms with Gasteiger partial charge in [0, 0.05) is 23.1 Å². The molecule has 0 saturated carbocycles. The van der Waals surface area contributed by atoms with Crippen LogP contribution >= 0.6 is 11.8 Å². The second-order valence-corrected chi connectivity index (χ2v) is 5.31. The van der Waals surface area contributed by atoms with Crippen LogP contribution in [0.2, 0.25) is 0 Å². The molecule has 0 radical (unpaired) electrons. The van der Waals surface area contributed by atoms with Gasteiger partial charge in [0.25, 0.3) is 0 Å². The fourth-order valence-corrected chi connectivity index (χ4v) is 2.58. The van der Waals surface area contributed by atoms with E-state index in [1.54, 1.807) is 18.2 Å². The van der Waals surface area contributed by atoms with E-state index in [-0.39, 0.29) is 5.75 Å². The minimum absolute atomic E-state index is 0.200. The maximum absolute atomic E-state index is 11.0. The van der Waals surface area contributed by atoms with Gasteiger partial charge < -0.3 is 16.2 Å². The minimum Gasteiger partial charge on any atom is -0.480 e. The summed E-state index contributed by atoms with van der Waals surface area (Å²) in [4.78, 5) is 33.8. The number of hydrogen-bond acceptors (Lipinski definition) is 4. The van der Waals surface area contributed by atoms with Gasteiger partial charge in [-0.05, 0) is 30.7 Å². The first-order valence-electron chi connectivity index (χ1n) is 5.84. The molecule has 20 heavy (non-hydrogen) atoms. The number of amides is 2. The molecular formula is C13H16N2O4S. The van der Waals surface area contributed by atoms with E-state index in [1.807, 2.05) is 6.92 Å². The van der Waals surface area contributed by atoms with Crippen LogP contribution in [-0.2, 0) is 9.59 Å². The summed E-state index contributed by atoms with van der Waals surface area (Å²) in [5.41, 5.74) is 6.42. The standard InChI is InChI=1S/C13H16N2O4S/c1-7-5-9(12(14)17)3-4-11(7)20-6-10(13(18)19)15-8(2)16/h3-5,10H,6H2,1-2H3,(H2,14,17)(H,15,16)(H,18,19). The molecule has 0 fully saturated rings. The molecule has 0 aliphatic heterocycles. The van der Waals surface area contributed by atoms with Gasteiger partial charge >= 0.3 is 5.97 Å². The highest BCUT2D eigenvalue weighted by Crippen LogP contribution is 2.24. The molecule has 1 aromatic carbocycles. The first-order chi connectivity index (χ1) is 9.31. The van der Waals surface area contributed by atoms with E-state index in [4.69, 9.17) is 10.8 Å². The molecule has 6 nitrogen and oxygen atoms in total. The molecule has 0 aliphatic rings. The number of aliphatic carboxylic acids is 1. The Hall–Kier alpha value is -2.02. The van der Waals surface area contributed by atoms with E-state index >= 15 is 0 Å². The van der Waals surface area contributed by atoms with Crippen LogP contribution in [0.5, 0.6) is 0 Å². The lowest BCUT2D eigenvalue weighted by Crippen LogP contribution is -2.41. The molecule has 0 bridgehead atoms. The van der Waals surface area contributed by atoms with Crippen molar-refractivity contribution < 1.29 is 19.5 Å². The van der Waals surface area contributed by atoms with Crippen LogP contribution in [0.1, 0.15) is 22.8 Å². The highest BCUT2D eigenvalue weighted by atomic mass is 32.2. The topological polar surface area (TPSA) is 109 Å². The molecule has 0 saturated heterocycles. The van der Waals surface area contributed by atoms with Gasteiger partial charge in [0.15, 0.2) is 0 Å². The number of carboxylic acid groups (broad SMARTS) is 1. The summed E-state index contributed by atoms with van der Waals surface area (Å²) in [5, 5.41) is 11.4. The third-order valence-electron chi connectivity index (χ3n) is 2.54. The second-order valence-electron chi connectivity index (χ2n) is 4.25. The Bertz CT molecular complexity index is 545. The Morgan fingerprint density at radius 1 is 1.40 bits per heavy atom. The van der Waals surface area contributed by atoms with E-state index in [9.17, 15) is 14.4 Å². The van der Waals surface area contributed by atoms with E-state index in [0.29, 0.717) is 5.56 Å². The molecule has 108 valence electrons. The number of benzene rings is 1. The largest absolute Gasteiger partial charge is 0.480 e. The van der Waals surface area contributed by atoms with Crippen molar-refractivity contribution in [1.29, 1.82) is 0 Å². The smallest absolute Gasteiger partial charge is 0.327 e. The van der Waals surface area contributed by atoms with Crippen LogP contribution in [-0.4, -0.2) is 34.7 Å². The number of nitrogens with two attached hydrogens (primary N) is 1. The second kappa shape index (κ2) is 6.95. The molecule has 1 aromatic rings. The summed E-state index contributed by atoms with van der Waals surface area (Å²) in [6.45, 7) is 3.08. The van der Waals surface area contributed by atoms with Crippen molar-refractivity contribution in [2.24, 2.45) is 5.73 Å². The lowest BCUT2D eigenvalue weighted by Gasteiger charge is -2.13. The van der Waals surface area contributed by atoms with Gasteiger partial charge in [-0.3, -0.25) is 9.59 Å². The van der Waals surface area contributed by atoms with E-state index in [2.05, 4.69) is 5.32 Å². The number of hydrogen-bond donors (Lipinski definition) is 3. The van der Waals surface area contributed by atoms with Gasteiger partial charge in [0.2, 0.25) is 11.8 Å². The van der Waals surface area contributed by atoms with Crippen molar-refractivity contribution in [2.45, 2.75) is 24.8 Å². The Morgan fingerprint density at radius 3 is 2.50 bits per heavy atom. The summed E-state index contributed by atoms with van der Waals surface area (Å²) in [7, 11) is 0. The van der Waals surface area contributed by atoms with Gasteiger partial charge in [0.05, 0.1) is 0 Å². The predicted molar refractivity (Wildman–Crippen MR) is 75.7 cm³/mol. The highest BCUT2D eigenvalue weighted by molar-refractivity contribution is 7.99. The molecule has 0 spiro atoms. The predicted octanol–water partition coefficient (Wildman–Crippen LogP) is 0.775. The fourth-order valence-electron chi connectivity index (χ4n) is 1.56. The van der Waals surface area contributed by atoms with E-state index < -0.39 is 23.8 Å². The third kappa shape index (κ3) is 4.58. The van der Waals surface area contributed by atoms with Crippen molar-refractivity contribution in [1.82, 2.24) is 5.32 Å². The summed E-state index contributed by atoms with van der Waals surface area (Å²) in [5.74, 6) is -1.78. The maximum Gasteiger partial charge on any atom is 0.327 e. The molecule has 4 N–H and O–H groups in total. The van der Waals surface area contributed by atoms with Crippen molar-refractivity contribution in [2.75, 3.05) is 5.75 Å². The zero-order chi connectivity index (χ0) is 15.3. The lowest BCUT2D eigenvalue weighted by atomic mass is 10.1. The highest BCUT2D eigenvalue weighted by Gasteiger charge is 2.19. The fraction of sp³-hybridized carbons (Fsp3) is 0.308. The van der Waals surface area contributed by atoms with Crippen molar-refractivity contribution in [3.63, 3.8) is 0 Å². The van der Waals surface area contributed by atoms with Crippen LogP contribution in [0.4, 0.5) is 0 Å². The van der Waals surface area contributed by atoms with Gasteiger partial charge in [-0.2, -0.15) is 0 Å². The summed E-state index contributed by atoms with van der Waals surface area (Å²) < 4.78 is 0. The first-order valence-corrected chi connectivity index (χ1v) is 6.83. The number of rotatable bonds is 6. The van der Waals surface area contributed by atoms with Crippen LogP contribution in [0, 0.1) is 6.92 Å². The number of primary amides is 1. The number of aryl methyl sites for hydroxylation is 1. The zero-order valence-corrected chi connectivity index (χ0v) is 12.0. The van der Waals surface area contributed by atoms with Gasteiger partial charge in [-0.25, -0.2) is 4.79 Å². The third-order valence-corrected chi connectivity index (χ3v) is 3.81. The average molecular weight is 296 g/mol. The first kappa shape index (κ1) is 16.0. The molecular weight excluding hydrogens is 280 g/mol. The molecule has 0 heterocycles. The summed E-state index contributed by atoms with van der Waals surface area (Å²) in [6.07, 6.45) is 0. The summed E-state index contributed by atoms with van der Waals surface area (Å²) in [6, 6.07) is 4.00. The molecule has 1 rings (SSSR count). The van der Waals surface area contributed by atoms with Crippen molar-refractivity contribution in [3.05, 3.63) is 29.3 Å². The monoisotopic (exact) mass is 296 g/mol. The van der Waals surface area contributed by atoms with Gasteiger partial charge in [0.1, 0.15) is 6.04 Å². The Morgan fingerprint density at radius 2 is 2.05 bits per heavy atom. The average Bonchev–Trinajstić information content (AvgIpc) is 2.34. The normalized spacial score (nSPS) is 11.7. The zero-order valence-electron chi connectivity index (χ0n) is 11.2. The SMILES string of the molecule is CC(=O)NC(CSc1ccc(C(N)=O)cc1C)C(=O)O. The maximum atomic E-state index is 11.0. The number of carboxylic acids is 1. The van der Waals surface area contributed by atoms with Crippen LogP contribution in [0.25, 0.3) is 0 Å².